The van der Waals surface area contributed by atoms with E-state index < -0.39 is 17.6 Å². The number of amides is 1. The zero-order valence-electron chi connectivity index (χ0n) is 13.8. The van der Waals surface area contributed by atoms with Gasteiger partial charge >= 0.3 is 0 Å². The molecule has 1 fully saturated rings. The number of rotatable bonds is 5. The van der Waals surface area contributed by atoms with Crippen LogP contribution in [0.4, 0.5) is 14.5 Å². The van der Waals surface area contributed by atoms with Gasteiger partial charge in [0.1, 0.15) is 17.7 Å². The number of ketones is 1. The van der Waals surface area contributed by atoms with Crippen molar-refractivity contribution in [3.05, 3.63) is 65.2 Å². The van der Waals surface area contributed by atoms with Crippen LogP contribution in [0.2, 0.25) is 0 Å². The number of anilines is 1. The molecule has 1 aliphatic rings. The molecule has 4 nitrogen and oxygen atoms in total. The number of nitrogens with zero attached hydrogens (tertiary/aromatic N) is 1. The van der Waals surface area contributed by atoms with E-state index >= 15 is 0 Å². The van der Waals surface area contributed by atoms with Crippen LogP contribution in [0.25, 0.3) is 0 Å². The van der Waals surface area contributed by atoms with Crippen LogP contribution in [-0.4, -0.2) is 29.2 Å². The Hall–Kier alpha value is -2.76. The summed E-state index contributed by atoms with van der Waals surface area (Å²) in [6, 6.07) is 9.80. The zero-order chi connectivity index (χ0) is 18.0. The van der Waals surface area contributed by atoms with E-state index in [4.69, 9.17) is 0 Å². The third-order valence-electron chi connectivity index (χ3n) is 4.28. The molecule has 1 aliphatic heterocycles. The van der Waals surface area contributed by atoms with Gasteiger partial charge in [-0.25, -0.2) is 8.78 Å². The topological polar surface area (TPSA) is 49.4 Å². The summed E-state index contributed by atoms with van der Waals surface area (Å²) < 4.78 is 26.9. The Bertz CT molecular complexity index is 806. The lowest BCUT2D eigenvalue weighted by Crippen LogP contribution is -2.33. The Kier molecular flexibility index (Phi) is 4.79. The second-order valence-corrected chi connectivity index (χ2v) is 6.09. The Labute approximate surface area is 144 Å². The molecular weight excluding hydrogens is 326 g/mol. The number of hydrogen-bond donors (Lipinski definition) is 1. The second-order valence-electron chi connectivity index (χ2n) is 6.09. The van der Waals surface area contributed by atoms with Crippen LogP contribution in [0, 0.1) is 11.6 Å². The van der Waals surface area contributed by atoms with Crippen molar-refractivity contribution in [2.45, 2.75) is 25.9 Å². The average Bonchev–Trinajstić information content (AvgIpc) is 2.90. The highest BCUT2D eigenvalue weighted by Gasteiger charge is 2.32. The van der Waals surface area contributed by atoms with Crippen molar-refractivity contribution in [1.82, 2.24) is 4.90 Å². The van der Waals surface area contributed by atoms with Gasteiger partial charge in [0, 0.05) is 18.8 Å². The lowest BCUT2D eigenvalue weighted by molar-refractivity contribution is -0.128. The maximum atomic E-state index is 13.9. The summed E-state index contributed by atoms with van der Waals surface area (Å²) >= 11 is 0. The van der Waals surface area contributed by atoms with Gasteiger partial charge in [0.25, 0.3) is 0 Å². The Morgan fingerprint density at radius 3 is 2.60 bits per heavy atom. The fraction of sp³-hybridized carbons (Fsp3) is 0.263. The van der Waals surface area contributed by atoms with E-state index in [0.717, 1.165) is 5.56 Å². The van der Waals surface area contributed by atoms with Crippen molar-refractivity contribution in [1.29, 1.82) is 0 Å². The number of benzene rings is 2. The van der Waals surface area contributed by atoms with Gasteiger partial charge in [-0.3, -0.25) is 9.59 Å². The first-order valence-electron chi connectivity index (χ1n) is 8.05. The van der Waals surface area contributed by atoms with Crippen LogP contribution >= 0.6 is 0 Å². The minimum absolute atomic E-state index is 0.0349. The van der Waals surface area contributed by atoms with Crippen LogP contribution in [0.1, 0.15) is 29.3 Å². The molecule has 1 saturated heterocycles. The summed E-state index contributed by atoms with van der Waals surface area (Å²) in [7, 11) is 0. The summed E-state index contributed by atoms with van der Waals surface area (Å²) in [5.74, 6) is -1.44. The van der Waals surface area contributed by atoms with Crippen LogP contribution < -0.4 is 5.32 Å². The molecule has 2 aromatic rings. The number of nitrogens with one attached hydrogen (secondary N) is 1. The van der Waals surface area contributed by atoms with E-state index in [1.807, 2.05) is 0 Å². The maximum Gasteiger partial charge on any atom is 0.245 e. The normalized spacial score (nSPS) is 17.0. The molecule has 6 heteroatoms. The molecule has 0 bridgehead atoms. The molecule has 25 heavy (non-hydrogen) atoms. The third kappa shape index (κ3) is 3.68. The number of hydrogen-bond acceptors (Lipinski definition) is 3. The van der Waals surface area contributed by atoms with E-state index in [-0.39, 0.29) is 17.3 Å². The zero-order valence-corrected chi connectivity index (χ0v) is 13.8. The molecule has 0 saturated carbocycles. The highest BCUT2D eigenvalue weighted by Crippen LogP contribution is 2.24. The largest absolute Gasteiger partial charge is 0.373 e. The van der Waals surface area contributed by atoms with Crippen LogP contribution in [0.15, 0.2) is 42.5 Å². The SMILES string of the molecule is CC(=O)c1c(F)cccc1NC1CCN(Cc2ccc(F)cc2)C1=O. The minimum Gasteiger partial charge on any atom is -0.373 e. The van der Waals surface area contributed by atoms with Crippen LogP contribution in [0.5, 0.6) is 0 Å². The van der Waals surface area contributed by atoms with E-state index in [0.29, 0.717) is 25.2 Å². The molecule has 1 amide bonds. The van der Waals surface area contributed by atoms with Gasteiger partial charge in [-0.1, -0.05) is 18.2 Å². The van der Waals surface area contributed by atoms with Crippen molar-refractivity contribution in [3.63, 3.8) is 0 Å². The highest BCUT2D eigenvalue weighted by atomic mass is 19.1. The number of likely N-dealkylation sites (tertiary alicyclic amines) is 1. The minimum atomic E-state index is -0.605. The molecule has 0 aromatic heterocycles. The molecule has 1 unspecified atom stereocenters. The van der Waals surface area contributed by atoms with Crippen LogP contribution in [0.3, 0.4) is 0 Å². The first-order chi connectivity index (χ1) is 12.0. The van der Waals surface area contributed by atoms with Crippen molar-refractivity contribution < 1.29 is 18.4 Å². The van der Waals surface area contributed by atoms with Gasteiger partial charge < -0.3 is 10.2 Å². The van der Waals surface area contributed by atoms with E-state index in [1.54, 1.807) is 23.1 Å². The lowest BCUT2D eigenvalue weighted by Gasteiger charge is -2.19. The Morgan fingerprint density at radius 1 is 1.20 bits per heavy atom. The van der Waals surface area contributed by atoms with E-state index in [1.165, 1.54) is 31.2 Å². The lowest BCUT2D eigenvalue weighted by atomic mass is 10.1. The third-order valence-corrected chi connectivity index (χ3v) is 4.28. The number of halogens is 2. The molecule has 1 N–H and O–H groups in total. The Morgan fingerprint density at radius 2 is 1.92 bits per heavy atom. The summed E-state index contributed by atoms with van der Waals surface area (Å²) in [5, 5.41) is 2.99. The highest BCUT2D eigenvalue weighted by molar-refractivity contribution is 6.00. The van der Waals surface area contributed by atoms with Crippen molar-refractivity contribution >= 4 is 17.4 Å². The average molecular weight is 344 g/mol. The van der Waals surface area contributed by atoms with Gasteiger partial charge in [0.15, 0.2) is 5.78 Å². The molecule has 0 radical (unpaired) electrons. The quantitative estimate of drug-likeness (QED) is 0.846. The predicted molar refractivity (Wildman–Crippen MR) is 90.2 cm³/mol. The molecule has 130 valence electrons. The maximum absolute atomic E-state index is 13.9. The monoisotopic (exact) mass is 344 g/mol. The van der Waals surface area contributed by atoms with E-state index in [9.17, 15) is 18.4 Å². The number of carbonyl (C=O) groups excluding carboxylic acids is 2. The first kappa shape index (κ1) is 17.1. The van der Waals surface area contributed by atoms with Gasteiger partial charge in [0.05, 0.1) is 5.56 Å². The fourth-order valence-corrected chi connectivity index (χ4v) is 3.03. The van der Waals surface area contributed by atoms with Crippen molar-refractivity contribution in [3.8, 4) is 0 Å². The number of Topliss-reactive ketones (excluding diaryl/α,β-unsaturated/α-hetero) is 1. The van der Waals surface area contributed by atoms with Gasteiger partial charge in [-0.2, -0.15) is 0 Å². The fourth-order valence-electron chi connectivity index (χ4n) is 3.03. The molecule has 0 aliphatic carbocycles. The van der Waals surface area contributed by atoms with Crippen molar-refractivity contribution in [2.75, 3.05) is 11.9 Å². The smallest absolute Gasteiger partial charge is 0.245 e. The molecule has 0 spiro atoms. The summed E-state index contributed by atoms with van der Waals surface area (Å²) in [6.45, 7) is 2.22. The molecule has 1 atom stereocenters. The van der Waals surface area contributed by atoms with Crippen molar-refractivity contribution in [2.24, 2.45) is 0 Å². The predicted octanol–water partition coefficient (Wildman–Crippen LogP) is 3.38. The standard InChI is InChI=1S/C19H18F2N2O2/c1-12(24)18-15(21)3-2-4-16(18)22-17-9-10-23(19(17)25)11-13-5-7-14(20)8-6-13/h2-8,17,22H,9-11H2,1H3. The van der Waals surface area contributed by atoms with Gasteiger partial charge in [0.2, 0.25) is 5.91 Å². The molecule has 1 heterocycles. The summed E-state index contributed by atoms with van der Waals surface area (Å²) in [5.41, 5.74) is 1.13. The van der Waals surface area contributed by atoms with E-state index in [2.05, 4.69) is 5.32 Å². The number of carbonyl (C=O) groups is 2. The van der Waals surface area contributed by atoms with Gasteiger partial charge in [-0.15, -0.1) is 0 Å². The molecule has 2 aromatic carbocycles. The summed E-state index contributed by atoms with van der Waals surface area (Å²) in [6.07, 6.45) is 0.549. The Balaban J connectivity index is 1.72. The summed E-state index contributed by atoms with van der Waals surface area (Å²) in [4.78, 5) is 25.9. The second kappa shape index (κ2) is 7.01. The molecular formula is C19H18F2N2O2. The van der Waals surface area contributed by atoms with Gasteiger partial charge in [-0.05, 0) is 43.2 Å². The van der Waals surface area contributed by atoms with Crippen LogP contribution in [-0.2, 0) is 11.3 Å². The molecule has 3 rings (SSSR count). The first-order valence-corrected chi connectivity index (χ1v) is 8.05.